The van der Waals surface area contributed by atoms with E-state index in [0.717, 1.165) is 52.4 Å². The number of hydrogen-bond donors (Lipinski definition) is 4. The number of hydrogen-bond acceptors (Lipinski definition) is 4. The van der Waals surface area contributed by atoms with Crippen LogP contribution < -0.4 is 21.3 Å². The number of rotatable bonds is 14. The van der Waals surface area contributed by atoms with Crippen molar-refractivity contribution in [3.63, 3.8) is 0 Å². The smallest absolute Gasteiger partial charge is 0.0174 e. The lowest BCUT2D eigenvalue weighted by atomic mass is 10.3. The van der Waals surface area contributed by atoms with E-state index in [9.17, 15) is 0 Å². The molecule has 140 valence electrons. The maximum atomic E-state index is 4.07. The molecular formula is C14H36Br4N4. The first-order chi connectivity index (χ1) is 8.81. The van der Waals surface area contributed by atoms with Crippen LogP contribution in [0.2, 0.25) is 0 Å². The van der Waals surface area contributed by atoms with E-state index in [-0.39, 0.29) is 67.9 Å². The predicted molar refractivity (Wildman–Crippen MR) is 122 cm³/mol. The molecule has 0 fully saturated rings. The molecule has 8 heteroatoms. The van der Waals surface area contributed by atoms with Crippen LogP contribution in [0.5, 0.6) is 0 Å². The Morgan fingerprint density at radius 1 is 0.636 bits per heavy atom. The summed E-state index contributed by atoms with van der Waals surface area (Å²) < 4.78 is 0. The Kier molecular flexibility index (Phi) is 48.0. The van der Waals surface area contributed by atoms with Crippen molar-refractivity contribution in [2.45, 2.75) is 26.7 Å². The Bertz CT molecular complexity index is 180. The van der Waals surface area contributed by atoms with E-state index < -0.39 is 0 Å². The molecule has 4 nitrogen and oxygen atoms in total. The molecule has 4 N–H and O–H groups in total. The molecule has 0 unspecified atom stereocenters. The lowest BCUT2D eigenvalue weighted by Gasteiger charge is -2.09. The summed E-state index contributed by atoms with van der Waals surface area (Å²) in [6.07, 6.45) is 2.36. The molecule has 0 spiro atoms. The quantitative estimate of drug-likeness (QED) is 0.189. The van der Waals surface area contributed by atoms with Gasteiger partial charge in [0.05, 0.1) is 0 Å². The second-order valence-electron chi connectivity index (χ2n) is 4.52. The zero-order valence-corrected chi connectivity index (χ0v) is 20.8. The molecular weight excluding hydrogens is 544 g/mol. The minimum Gasteiger partial charge on any atom is -0.317 e. The highest BCUT2D eigenvalue weighted by molar-refractivity contribution is 8.93. The van der Waals surface area contributed by atoms with E-state index in [4.69, 9.17) is 0 Å². The maximum absolute atomic E-state index is 4.07. The molecule has 0 saturated carbocycles. The summed E-state index contributed by atoms with van der Waals surface area (Å²) in [5.74, 6) is 0. The number of nitrogens with one attached hydrogen (secondary N) is 4. The second kappa shape index (κ2) is 30.4. The molecule has 0 bridgehead atoms. The summed E-state index contributed by atoms with van der Waals surface area (Å²) in [5, 5.41) is 13.5. The Hall–Kier alpha value is 1.50. The third-order valence-electron chi connectivity index (χ3n) is 2.66. The molecule has 0 amide bonds. The molecule has 0 rings (SSSR count). The Labute approximate surface area is 179 Å². The van der Waals surface area contributed by atoms with Crippen molar-refractivity contribution >= 4 is 67.9 Å². The first-order valence-electron chi connectivity index (χ1n) is 7.30. The van der Waals surface area contributed by atoms with Crippen LogP contribution in [0.4, 0.5) is 0 Å². The molecule has 0 aliphatic carbocycles. The molecule has 0 aromatic carbocycles. The van der Waals surface area contributed by atoms with Gasteiger partial charge in [-0.2, -0.15) is 0 Å². The fourth-order valence-electron chi connectivity index (χ4n) is 1.62. The van der Waals surface area contributed by atoms with Crippen molar-refractivity contribution in [3.8, 4) is 0 Å². The van der Waals surface area contributed by atoms with Crippen LogP contribution in [0.15, 0.2) is 12.2 Å². The Balaban J connectivity index is -0.000000241. The number of halogens is 4. The van der Waals surface area contributed by atoms with Gasteiger partial charge in [0.2, 0.25) is 0 Å². The van der Waals surface area contributed by atoms with Gasteiger partial charge in [0, 0.05) is 13.1 Å². The van der Waals surface area contributed by atoms with E-state index >= 15 is 0 Å². The van der Waals surface area contributed by atoms with Gasteiger partial charge < -0.3 is 21.3 Å². The Morgan fingerprint density at radius 2 is 0.955 bits per heavy atom. The van der Waals surface area contributed by atoms with Crippen LogP contribution in [-0.4, -0.2) is 52.4 Å². The topological polar surface area (TPSA) is 48.1 Å². The summed E-state index contributed by atoms with van der Waals surface area (Å²) in [4.78, 5) is 0. The van der Waals surface area contributed by atoms with Gasteiger partial charge in [0.15, 0.2) is 0 Å². The van der Waals surface area contributed by atoms with Crippen molar-refractivity contribution in [2.75, 3.05) is 52.4 Å². The molecule has 0 aromatic rings. The van der Waals surface area contributed by atoms with Crippen LogP contribution in [-0.2, 0) is 0 Å². The molecule has 0 atom stereocenters. The van der Waals surface area contributed by atoms with Crippen molar-refractivity contribution < 1.29 is 0 Å². The van der Waals surface area contributed by atoms with Gasteiger partial charge in [-0.3, -0.25) is 0 Å². The first-order valence-corrected chi connectivity index (χ1v) is 7.30. The normalized spacial score (nSPS) is 8.82. The van der Waals surface area contributed by atoms with E-state index in [1.807, 2.05) is 0 Å². The average Bonchev–Trinajstić information content (AvgIpc) is 2.38. The summed E-state index contributed by atoms with van der Waals surface area (Å²) in [6, 6.07) is 0. The van der Waals surface area contributed by atoms with Gasteiger partial charge in [-0.25, -0.2) is 0 Å². The first kappa shape index (κ1) is 34.8. The predicted octanol–water partition coefficient (Wildman–Crippen LogP) is 3.03. The summed E-state index contributed by atoms with van der Waals surface area (Å²) in [5.41, 5.74) is 1.24. The molecule has 0 aromatic heterocycles. The zero-order chi connectivity index (χ0) is 13.5. The van der Waals surface area contributed by atoms with Crippen LogP contribution >= 0.6 is 67.9 Å². The van der Waals surface area contributed by atoms with Crippen LogP contribution in [0, 0.1) is 0 Å². The highest BCUT2D eigenvalue weighted by Gasteiger charge is 1.94. The zero-order valence-electron chi connectivity index (χ0n) is 13.9. The SMILES string of the molecule is Br.Br.Br.Br.C=C(CNCCCNCC)CNCCCNCC. The lowest BCUT2D eigenvalue weighted by molar-refractivity contribution is 0.602. The van der Waals surface area contributed by atoms with Crippen LogP contribution in [0.25, 0.3) is 0 Å². The minimum atomic E-state index is 0. The van der Waals surface area contributed by atoms with Gasteiger partial charge in [0.1, 0.15) is 0 Å². The summed E-state index contributed by atoms with van der Waals surface area (Å²) in [6.45, 7) is 16.6. The molecule has 22 heavy (non-hydrogen) atoms. The molecule has 0 aliphatic heterocycles. The fraction of sp³-hybridized carbons (Fsp3) is 0.857. The van der Waals surface area contributed by atoms with Gasteiger partial charge in [-0.15, -0.1) is 67.9 Å². The van der Waals surface area contributed by atoms with E-state index in [1.54, 1.807) is 0 Å². The van der Waals surface area contributed by atoms with Crippen molar-refractivity contribution in [1.82, 2.24) is 21.3 Å². The van der Waals surface area contributed by atoms with Gasteiger partial charge in [0.25, 0.3) is 0 Å². The van der Waals surface area contributed by atoms with Gasteiger partial charge >= 0.3 is 0 Å². The Morgan fingerprint density at radius 3 is 1.27 bits per heavy atom. The third-order valence-corrected chi connectivity index (χ3v) is 2.66. The lowest BCUT2D eigenvalue weighted by Crippen LogP contribution is -2.28. The van der Waals surface area contributed by atoms with E-state index in [2.05, 4.69) is 41.7 Å². The highest BCUT2D eigenvalue weighted by Crippen LogP contribution is 1.85. The molecule has 0 heterocycles. The van der Waals surface area contributed by atoms with Gasteiger partial charge in [-0.05, 0) is 57.7 Å². The third kappa shape index (κ3) is 29.5. The van der Waals surface area contributed by atoms with Gasteiger partial charge in [-0.1, -0.05) is 20.4 Å². The largest absolute Gasteiger partial charge is 0.317 e. The van der Waals surface area contributed by atoms with E-state index in [0.29, 0.717) is 0 Å². The van der Waals surface area contributed by atoms with Crippen molar-refractivity contribution in [2.24, 2.45) is 0 Å². The summed E-state index contributed by atoms with van der Waals surface area (Å²) >= 11 is 0. The highest BCUT2D eigenvalue weighted by atomic mass is 79.9. The fourth-order valence-corrected chi connectivity index (χ4v) is 1.62. The molecule has 0 aliphatic rings. The van der Waals surface area contributed by atoms with Crippen LogP contribution in [0.1, 0.15) is 26.7 Å². The van der Waals surface area contributed by atoms with Crippen molar-refractivity contribution in [3.05, 3.63) is 12.2 Å². The van der Waals surface area contributed by atoms with Crippen LogP contribution in [0.3, 0.4) is 0 Å². The maximum Gasteiger partial charge on any atom is 0.0174 e. The monoisotopic (exact) mass is 576 g/mol. The average molecular weight is 580 g/mol. The summed E-state index contributed by atoms with van der Waals surface area (Å²) in [7, 11) is 0. The second-order valence-corrected chi connectivity index (χ2v) is 4.52. The standard InChI is InChI=1S/C14H32N4.4BrH/c1-4-15-8-6-10-17-12-14(3)13-18-11-7-9-16-5-2;;;;/h15-18H,3-13H2,1-2H3;4*1H. The van der Waals surface area contributed by atoms with Crippen molar-refractivity contribution in [1.29, 1.82) is 0 Å². The molecule has 0 radical (unpaired) electrons. The minimum absolute atomic E-state index is 0. The molecule has 0 saturated heterocycles. The van der Waals surface area contributed by atoms with E-state index in [1.165, 1.54) is 18.4 Å².